The average Bonchev–Trinajstić information content (AvgIpc) is 2.71. The van der Waals surface area contributed by atoms with E-state index in [0.29, 0.717) is 24.5 Å². The largest absolute Gasteiger partial charge is 0.396 e. The minimum Gasteiger partial charge on any atom is -0.396 e. The van der Waals surface area contributed by atoms with Crippen LogP contribution in [-0.4, -0.2) is 38.0 Å². The average molecular weight is 215 g/mol. The van der Waals surface area contributed by atoms with Crippen molar-refractivity contribution in [3.05, 3.63) is 0 Å². The first kappa shape index (κ1) is 12.9. The molecule has 3 unspecified atom stereocenters. The highest BCUT2D eigenvalue weighted by atomic mass is 16.5. The third-order valence-electron chi connectivity index (χ3n) is 3.58. The molecule has 1 fully saturated rings. The van der Waals surface area contributed by atoms with E-state index < -0.39 is 0 Å². The van der Waals surface area contributed by atoms with Crippen LogP contribution in [-0.2, 0) is 4.74 Å². The van der Waals surface area contributed by atoms with Crippen molar-refractivity contribution in [2.75, 3.05) is 26.9 Å². The molecule has 3 nitrogen and oxygen atoms in total. The zero-order valence-corrected chi connectivity index (χ0v) is 10.0. The Morgan fingerprint density at radius 1 is 1.40 bits per heavy atom. The minimum atomic E-state index is 0.355. The molecule has 0 heterocycles. The van der Waals surface area contributed by atoms with Gasteiger partial charge in [0.1, 0.15) is 0 Å². The fraction of sp³-hybridized carbons (Fsp3) is 1.00. The molecule has 1 aliphatic carbocycles. The summed E-state index contributed by atoms with van der Waals surface area (Å²) in [4.78, 5) is 0. The lowest BCUT2D eigenvalue weighted by atomic mass is 9.96. The second kappa shape index (κ2) is 7.20. The third kappa shape index (κ3) is 4.09. The van der Waals surface area contributed by atoms with Crippen LogP contribution in [0.4, 0.5) is 0 Å². The Morgan fingerprint density at radius 3 is 2.73 bits per heavy atom. The molecule has 0 spiro atoms. The molecule has 0 aromatic rings. The third-order valence-corrected chi connectivity index (χ3v) is 3.58. The highest BCUT2D eigenvalue weighted by Crippen LogP contribution is 2.30. The van der Waals surface area contributed by atoms with Crippen molar-refractivity contribution < 1.29 is 9.84 Å². The summed E-state index contributed by atoms with van der Waals surface area (Å²) in [5.74, 6) is 1.19. The quantitative estimate of drug-likeness (QED) is 0.674. The Labute approximate surface area is 93.2 Å². The van der Waals surface area contributed by atoms with Crippen molar-refractivity contribution in [3.63, 3.8) is 0 Å². The smallest absolute Gasteiger partial charge is 0.0615 e. The fourth-order valence-corrected chi connectivity index (χ4v) is 2.46. The molecule has 15 heavy (non-hydrogen) atoms. The SMILES string of the molecule is CCC(COC)NCC1CCCC1CO. The number of hydrogen-bond acceptors (Lipinski definition) is 3. The zero-order valence-electron chi connectivity index (χ0n) is 10.0. The van der Waals surface area contributed by atoms with Crippen molar-refractivity contribution in [1.82, 2.24) is 5.32 Å². The zero-order chi connectivity index (χ0) is 11.1. The summed E-state index contributed by atoms with van der Waals surface area (Å²) in [5.41, 5.74) is 0. The molecule has 3 atom stereocenters. The second-order valence-electron chi connectivity index (χ2n) is 4.60. The second-order valence-corrected chi connectivity index (χ2v) is 4.60. The van der Waals surface area contributed by atoms with Gasteiger partial charge in [-0.1, -0.05) is 13.3 Å². The first-order valence-corrected chi connectivity index (χ1v) is 6.15. The molecular formula is C12H25NO2. The van der Waals surface area contributed by atoms with Crippen LogP contribution in [0.15, 0.2) is 0 Å². The lowest BCUT2D eigenvalue weighted by Crippen LogP contribution is -2.37. The Morgan fingerprint density at radius 2 is 2.13 bits per heavy atom. The summed E-state index contributed by atoms with van der Waals surface area (Å²) in [7, 11) is 1.75. The number of hydrogen-bond donors (Lipinski definition) is 2. The summed E-state index contributed by atoms with van der Waals surface area (Å²) in [5, 5.41) is 12.8. The predicted molar refractivity (Wildman–Crippen MR) is 61.9 cm³/mol. The van der Waals surface area contributed by atoms with E-state index in [-0.39, 0.29) is 0 Å². The van der Waals surface area contributed by atoms with E-state index in [1.54, 1.807) is 7.11 Å². The molecule has 0 saturated heterocycles. The van der Waals surface area contributed by atoms with Crippen molar-refractivity contribution in [1.29, 1.82) is 0 Å². The first-order chi connectivity index (χ1) is 7.31. The van der Waals surface area contributed by atoms with Crippen LogP contribution in [0.1, 0.15) is 32.6 Å². The van der Waals surface area contributed by atoms with Gasteiger partial charge in [-0.05, 0) is 37.6 Å². The molecule has 0 aromatic carbocycles. The monoisotopic (exact) mass is 215 g/mol. The highest BCUT2D eigenvalue weighted by Gasteiger charge is 2.26. The van der Waals surface area contributed by atoms with Gasteiger partial charge in [-0.15, -0.1) is 0 Å². The van der Waals surface area contributed by atoms with Gasteiger partial charge in [0.25, 0.3) is 0 Å². The van der Waals surface area contributed by atoms with Gasteiger partial charge in [0, 0.05) is 19.8 Å². The van der Waals surface area contributed by atoms with Gasteiger partial charge < -0.3 is 15.2 Å². The van der Waals surface area contributed by atoms with Gasteiger partial charge in [0.15, 0.2) is 0 Å². The van der Waals surface area contributed by atoms with Gasteiger partial charge in [0.2, 0.25) is 0 Å². The van der Waals surface area contributed by atoms with E-state index in [1.807, 2.05) is 0 Å². The maximum atomic E-state index is 9.21. The summed E-state index contributed by atoms with van der Waals surface area (Å²) in [6.45, 7) is 4.35. The van der Waals surface area contributed by atoms with Crippen molar-refractivity contribution in [2.45, 2.75) is 38.6 Å². The van der Waals surface area contributed by atoms with Gasteiger partial charge in [0.05, 0.1) is 6.61 Å². The predicted octanol–water partition coefficient (Wildman–Crippen LogP) is 1.41. The number of aliphatic hydroxyl groups is 1. The summed E-state index contributed by atoms with van der Waals surface area (Å²) in [6, 6.07) is 0.468. The van der Waals surface area contributed by atoms with E-state index in [9.17, 15) is 5.11 Å². The van der Waals surface area contributed by atoms with Crippen LogP contribution >= 0.6 is 0 Å². The van der Waals surface area contributed by atoms with Gasteiger partial charge in [-0.3, -0.25) is 0 Å². The van der Waals surface area contributed by atoms with Crippen LogP contribution in [0.25, 0.3) is 0 Å². The first-order valence-electron chi connectivity index (χ1n) is 6.15. The van der Waals surface area contributed by atoms with Crippen LogP contribution < -0.4 is 5.32 Å². The van der Waals surface area contributed by atoms with Gasteiger partial charge in [-0.2, -0.15) is 0 Å². The number of rotatable bonds is 7. The lowest BCUT2D eigenvalue weighted by molar-refractivity contribution is 0.153. The van der Waals surface area contributed by atoms with E-state index in [2.05, 4.69) is 12.2 Å². The molecule has 0 amide bonds. The topological polar surface area (TPSA) is 41.5 Å². The Bertz CT molecular complexity index is 164. The molecule has 90 valence electrons. The molecular weight excluding hydrogens is 190 g/mol. The Kier molecular flexibility index (Phi) is 6.22. The number of nitrogens with one attached hydrogen (secondary N) is 1. The van der Waals surface area contributed by atoms with Crippen molar-refractivity contribution in [3.8, 4) is 0 Å². The van der Waals surface area contributed by atoms with Crippen molar-refractivity contribution >= 4 is 0 Å². The molecule has 0 radical (unpaired) electrons. The highest BCUT2D eigenvalue weighted by molar-refractivity contribution is 4.79. The normalized spacial score (nSPS) is 28.2. The Balaban J connectivity index is 2.22. The van der Waals surface area contributed by atoms with Crippen LogP contribution in [0.5, 0.6) is 0 Å². The molecule has 1 aliphatic rings. The molecule has 1 rings (SSSR count). The van der Waals surface area contributed by atoms with Crippen LogP contribution in [0, 0.1) is 11.8 Å². The maximum absolute atomic E-state index is 9.21. The molecule has 1 saturated carbocycles. The minimum absolute atomic E-state index is 0.355. The number of methoxy groups -OCH3 is 1. The standard InChI is InChI=1S/C12H25NO2/c1-3-12(9-15-2)13-7-10-5-4-6-11(10)8-14/h10-14H,3-9H2,1-2H3. The lowest BCUT2D eigenvalue weighted by Gasteiger charge is -2.22. The summed E-state index contributed by atoms with van der Waals surface area (Å²) >= 11 is 0. The molecule has 0 bridgehead atoms. The van der Waals surface area contributed by atoms with E-state index in [0.717, 1.165) is 19.6 Å². The maximum Gasteiger partial charge on any atom is 0.0615 e. The van der Waals surface area contributed by atoms with Crippen LogP contribution in [0.2, 0.25) is 0 Å². The molecule has 0 aliphatic heterocycles. The van der Waals surface area contributed by atoms with Gasteiger partial charge >= 0.3 is 0 Å². The van der Waals surface area contributed by atoms with Gasteiger partial charge in [-0.25, -0.2) is 0 Å². The van der Waals surface area contributed by atoms with Crippen LogP contribution in [0.3, 0.4) is 0 Å². The molecule has 3 heteroatoms. The fourth-order valence-electron chi connectivity index (χ4n) is 2.46. The molecule has 0 aromatic heterocycles. The van der Waals surface area contributed by atoms with Crippen molar-refractivity contribution in [2.24, 2.45) is 11.8 Å². The Hall–Kier alpha value is -0.120. The summed E-state index contributed by atoms with van der Waals surface area (Å²) in [6.07, 6.45) is 4.84. The van der Waals surface area contributed by atoms with E-state index in [1.165, 1.54) is 19.3 Å². The summed E-state index contributed by atoms with van der Waals surface area (Å²) < 4.78 is 5.15. The number of ether oxygens (including phenoxy) is 1. The van der Waals surface area contributed by atoms with E-state index in [4.69, 9.17) is 4.74 Å². The number of aliphatic hydroxyl groups excluding tert-OH is 1. The van der Waals surface area contributed by atoms with E-state index >= 15 is 0 Å². The molecule has 2 N–H and O–H groups in total.